The van der Waals surface area contributed by atoms with Crippen LogP contribution in [0.4, 0.5) is 30.7 Å². The molecule has 1 amide bonds. The zero-order valence-corrected chi connectivity index (χ0v) is 22.9. The number of rotatable bonds is 8. The Kier molecular flexibility index (Phi) is 8.95. The molecular weight excluding hydrogens is 583 g/mol. The third kappa shape index (κ3) is 7.04. The van der Waals surface area contributed by atoms with Gasteiger partial charge in [0.2, 0.25) is 0 Å². The van der Waals surface area contributed by atoms with Gasteiger partial charge in [-0.2, -0.15) is 26.3 Å². The highest BCUT2D eigenvalue weighted by Crippen LogP contribution is 2.36. The van der Waals surface area contributed by atoms with Crippen molar-refractivity contribution in [3.8, 4) is 11.1 Å². The molecule has 2 heterocycles. The lowest BCUT2D eigenvalue weighted by atomic mass is 9.98. The van der Waals surface area contributed by atoms with Crippen LogP contribution in [-0.2, 0) is 25.4 Å². The number of hydrogen-bond acceptors (Lipinski definition) is 4. The lowest BCUT2D eigenvalue weighted by molar-refractivity contribution is -0.143. The van der Waals surface area contributed by atoms with Crippen molar-refractivity contribution in [2.75, 3.05) is 6.61 Å². The zero-order valence-electron chi connectivity index (χ0n) is 22.9. The summed E-state index contributed by atoms with van der Waals surface area (Å²) in [4.78, 5) is 31.9. The van der Waals surface area contributed by atoms with Gasteiger partial charge >= 0.3 is 12.4 Å². The number of halogens is 7. The van der Waals surface area contributed by atoms with E-state index in [0.717, 1.165) is 16.7 Å². The van der Waals surface area contributed by atoms with E-state index in [-0.39, 0.29) is 59.3 Å². The maximum Gasteiger partial charge on any atom is 0.416 e. The van der Waals surface area contributed by atoms with E-state index in [4.69, 9.17) is 0 Å². The summed E-state index contributed by atoms with van der Waals surface area (Å²) in [6.07, 6.45) is -9.92. The smallest absolute Gasteiger partial charge is 0.396 e. The minimum Gasteiger partial charge on any atom is -0.396 e. The Bertz CT molecular complexity index is 1680. The van der Waals surface area contributed by atoms with E-state index in [0.29, 0.717) is 17.8 Å². The Morgan fingerprint density at radius 2 is 1.58 bits per heavy atom. The van der Waals surface area contributed by atoms with Crippen molar-refractivity contribution in [2.24, 2.45) is 5.92 Å². The van der Waals surface area contributed by atoms with Gasteiger partial charge in [-0.1, -0.05) is 19.1 Å². The topological polar surface area (TPSA) is 84.2 Å². The van der Waals surface area contributed by atoms with E-state index < -0.39 is 52.9 Å². The summed E-state index contributed by atoms with van der Waals surface area (Å²) < 4.78 is 95.3. The van der Waals surface area contributed by atoms with Crippen LogP contribution in [0.1, 0.15) is 46.2 Å². The third-order valence-electron chi connectivity index (χ3n) is 6.86. The normalized spacial score (nSPS) is 12.9. The monoisotopic (exact) mass is 609 g/mol. The van der Waals surface area contributed by atoms with Gasteiger partial charge in [0.05, 0.1) is 22.0 Å². The number of amides is 1. The SMILES string of the molecule is Cc1ccc2c(=O)n(CC[C@@H](C)CO)c(C(=O)NCc3cc(C(F)(F)F)cc(C(F)(F)F)c3)c(-c3ccc(F)cc3)c2n1. The van der Waals surface area contributed by atoms with Crippen molar-refractivity contribution in [2.45, 2.75) is 45.7 Å². The molecule has 0 saturated heterocycles. The van der Waals surface area contributed by atoms with Crippen LogP contribution in [0.2, 0.25) is 0 Å². The third-order valence-corrected chi connectivity index (χ3v) is 6.86. The summed E-state index contributed by atoms with van der Waals surface area (Å²) in [7, 11) is 0. The summed E-state index contributed by atoms with van der Waals surface area (Å²) in [5, 5.41) is 12.0. The molecule has 0 bridgehead atoms. The minimum absolute atomic E-state index is 0.0186. The largest absolute Gasteiger partial charge is 0.416 e. The van der Waals surface area contributed by atoms with E-state index in [1.54, 1.807) is 19.9 Å². The second-order valence-corrected chi connectivity index (χ2v) is 10.2. The minimum atomic E-state index is -5.08. The molecule has 0 unspecified atom stereocenters. The molecule has 228 valence electrons. The highest BCUT2D eigenvalue weighted by atomic mass is 19.4. The Labute approximate surface area is 240 Å². The molecular formula is C30H26F7N3O3. The maximum absolute atomic E-state index is 13.8. The van der Waals surface area contributed by atoms with Crippen LogP contribution in [0.5, 0.6) is 0 Å². The molecule has 0 saturated carbocycles. The van der Waals surface area contributed by atoms with Gasteiger partial charge in [-0.15, -0.1) is 0 Å². The van der Waals surface area contributed by atoms with Gasteiger partial charge in [0, 0.05) is 31.0 Å². The highest BCUT2D eigenvalue weighted by molar-refractivity contribution is 6.07. The average Bonchev–Trinajstić information content (AvgIpc) is 2.94. The second-order valence-electron chi connectivity index (χ2n) is 10.2. The maximum atomic E-state index is 13.8. The number of hydrogen-bond donors (Lipinski definition) is 2. The molecule has 4 aromatic rings. The molecule has 1 atom stereocenters. The lowest BCUT2D eigenvalue weighted by Crippen LogP contribution is -2.34. The first kappa shape index (κ1) is 31.7. The number of carbonyl (C=O) groups excluding carboxylic acids is 1. The highest BCUT2D eigenvalue weighted by Gasteiger charge is 2.37. The molecule has 13 heteroatoms. The number of nitrogens with one attached hydrogen (secondary N) is 1. The predicted molar refractivity (Wildman–Crippen MR) is 145 cm³/mol. The number of carbonyl (C=O) groups is 1. The molecule has 43 heavy (non-hydrogen) atoms. The van der Waals surface area contributed by atoms with Crippen molar-refractivity contribution < 1.29 is 40.6 Å². The number of aliphatic hydroxyl groups is 1. The van der Waals surface area contributed by atoms with Crippen LogP contribution < -0.4 is 10.9 Å². The Hall–Kier alpha value is -4.26. The average molecular weight is 610 g/mol. The van der Waals surface area contributed by atoms with Crippen molar-refractivity contribution in [3.05, 3.63) is 98.8 Å². The van der Waals surface area contributed by atoms with E-state index in [1.807, 2.05) is 0 Å². The molecule has 0 aliphatic rings. The van der Waals surface area contributed by atoms with Crippen molar-refractivity contribution in [1.82, 2.24) is 14.9 Å². The van der Waals surface area contributed by atoms with E-state index in [1.165, 1.54) is 18.2 Å². The quantitative estimate of drug-likeness (QED) is 0.224. The molecule has 2 aromatic heterocycles. The molecule has 0 spiro atoms. The second kappa shape index (κ2) is 12.2. The van der Waals surface area contributed by atoms with Gasteiger partial charge in [-0.05, 0) is 72.9 Å². The zero-order chi connectivity index (χ0) is 31.7. The Morgan fingerprint density at radius 3 is 2.14 bits per heavy atom. The first-order valence-electron chi connectivity index (χ1n) is 13.1. The van der Waals surface area contributed by atoms with Crippen LogP contribution in [0.3, 0.4) is 0 Å². The summed E-state index contributed by atoms with van der Waals surface area (Å²) in [5.41, 5.74) is -3.46. The van der Waals surface area contributed by atoms with Crippen molar-refractivity contribution in [1.29, 1.82) is 0 Å². The molecule has 2 aromatic carbocycles. The fourth-order valence-corrected chi connectivity index (χ4v) is 4.58. The number of fused-ring (bicyclic) bond motifs is 1. The fraction of sp³-hybridized carbons (Fsp3) is 0.300. The first-order valence-corrected chi connectivity index (χ1v) is 13.1. The molecule has 2 N–H and O–H groups in total. The standard InChI is InChI=1S/C30H26F7N3O3/c1-16(15-41)9-10-40-26(27(42)38-14-18-11-20(29(32,33)34)13-21(12-18)30(35,36)37)24(19-4-6-22(31)7-5-19)25-23(28(40)43)8-3-17(2)39-25/h3-8,11-13,16,41H,9-10,14-15H2,1-2H3,(H,38,42)/t16-/m1/s1. The van der Waals surface area contributed by atoms with Crippen molar-refractivity contribution in [3.63, 3.8) is 0 Å². The molecule has 6 nitrogen and oxygen atoms in total. The van der Waals surface area contributed by atoms with Crippen LogP contribution in [0, 0.1) is 18.7 Å². The van der Waals surface area contributed by atoms with E-state index in [2.05, 4.69) is 10.3 Å². The van der Waals surface area contributed by atoms with Crippen molar-refractivity contribution >= 4 is 16.8 Å². The Morgan fingerprint density at radius 1 is 0.977 bits per heavy atom. The summed E-state index contributed by atoms with van der Waals surface area (Å²) in [6.45, 7) is 2.34. The molecule has 0 radical (unpaired) electrons. The number of pyridine rings is 2. The fourth-order valence-electron chi connectivity index (χ4n) is 4.58. The van der Waals surface area contributed by atoms with Gasteiger partial charge in [0.15, 0.2) is 0 Å². The van der Waals surface area contributed by atoms with Crippen LogP contribution in [0.15, 0.2) is 59.4 Å². The summed E-state index contributed by atoms with van der Waals surface area (Å²) >= 11 is 0. The van der Waals surface area contributed by atoms with Gasteiger partial charge in [0.25, 0.3) is 11.5 Å². The van der Waals surface area contributed by atoms with Gasteiger partial charge in [0.1, 0.15) is 11.5 Å². The Balaban J connectivity index is 1.90. The number of nitrogens with zero attached hydrogens (tertiary/aromatic N) is 2. The molecule has 0 fully saturated rings. The van der Waals surface area contributed by atoms with Crippen LogP contribution in [-0.4, -0.2) is 27.2 Å². The number of aliphatic hydroxyl groups excluding tert-OH is 1. The summed E-state index contributed by atoms with van der Waals surface area (Å²) in [5.74, 6) is -1.85. The van der Waals surface area contributed by atoms with Gasteiger partial charge in [-0.3, -0.25) is 14.6 Å². The molecule has 4 rings (SSSR count). The molecule has 0 aliphatic carbocycles. The number of aryl methyl sites for hydroxylation is 1. The first-order chi connectivity index (χ1) is 20.1. The molecule has 0 aliphatic heterocycles. The van der Waals surface area contributed by atoms with Crippen LogP contribution in [0.25, 0.3) is 22.0 Å². The van der Waals surface area contributed by atoms with Gasteiger partial charge < -0.3 is 15.0 Å². The summed E-state index contributed by atoms with van der Waals surface area (Å²) in [6, 6.07) is 9.06. The van der Waals surface area contributed by atoms with E-state index >= 15 is 0 Å². The number of aromatic nitrogens is 2. The van der Waals surface area contributed by atoms with E-state index in [9.17, 15) is 45.4 Å². The number of alkyl halides is 6. The number of benzene rings is 2. The van der Waals surface area contributed by atoms with Gasteiger partial charge in [-0.25, -0.2) is 4.39 Å². The van der Waals surface area contributed by atoms with Crippen LogP contribution >= 0.6 is 0 Å². The predicted octanol–water partition coefficient (Wildman–Crippen LogP) is 6.50. The lowest BCUT2D eigenvalue weighted by Gasteiger charge is -2.21.